The van der Waals surface area contributed by atoms with E-state index in [0.717, 1.165) is 0 Å². The minimum Gasteiger partial charge on any atom is -0.480 e. The van der Waals surface area contributed by atoms with Crippen LogP contribution in [0.5, 0.6) is 0 Å². The first-order chi connectivity index (χ1) is 8.07. The summed E-state index contributed by atoms with van der Waals surface area (Å²) in [7, 11) is 0. The molecule has 0 aliphatic carbocycles. The first kappa shape index (κ1) is 19.9. The molecule has 0 radical (unpaired) electrons. The van der Waals surface area contributed by atoms with E-state index in [2.05, 4.69) is 0 Å². The summed E-state index contributed by atoms with van der Waals surface area (Å²) in [5.74, 6) is -1.15. The van der Waals surface area contributed by atoms with Gasteiger partial charge in [0.25, 0.3) is 0 Å². The third kappa shape index (κ3) is 13.6. The summed E-state index contributed by atoms with van der Waals surface area (Å²) < 4.78 is 0. The van der Waals surface area contributed by atoms with Crippen LogP contribution in [0.2, 0.25) is 0 Å². The maximum Gasteiger partial charge on any atom is 0.321 e. The van der Waals surface area contributed by atoms with Crippen LogP contribution in [0.1, 0.15) is 40.5 Å². The zero-order chi connectivity index (χ0) is 14.9. The van der Waals surface area contributed by atoms with E-state index < -0.39 is 22.7 Å². The summed E-state index contributed by atoms with van der Waals surface area (Å²) in [6, 6.07) is 0. The van der Waals surface area contributed by atoms with Gasteiger partial charge in [-0.15, -0.1) is 23.2 Å². The van der Waals surface area contributed by atoms with Crippen molar-refractivity contribution < 1.29 is 19.8 Å². The molecular formula is C12H22Cl2O4. The normalized spacial score (nSPS) is 13.8. The van der Waals surface area contributed by atoms with Crippen molar-refractivity contribution in [1.82, 2.24) is 0 Å². The summed E-state index contributed by atoms with van der Waals surface area (Å²) >= 11 is 10.8. The Morgan fingerprint density at radius 2 is 1.06 bits per heavy atom. The van der Waals surface area contributed by atoms with Crippen LogP contribution in [0.15, 0.2) is 0 Å². The number of halogens is 2. The standard InChI is InChI=1S/2C6H11ClO2/c2*1-4(2)3-5(7)6(8)9/h2*4-5H,3H2,1-2H3,(H,8,9). The fraction of sp³-hybridized carbons (Fsp3) is 0.833. The minimum atomic E-state index is -0.926. The monoisotopic (exact) mass is 300 g/mol. The molecule has 2 unspecified atom stereocenters. The van der Waals surface area contributed by atoms with Crippen molar-refractivity contribution in [3.8, 4) is 0 Å². The van der Waals surface area contributed by atoms with Gasteiger partial charge in [-0.1, -0.05) is 27.7 Å². The Bertz CT molecular complexity index is 228. The van der Waals surface area contributed by atoms with Gasteiger partial charge in [0.1, 0.15) is 10.8 Å². The molecule has 2 atom stereocenters. The number of rotatable bonds is 6. The Morgan fingerprint density at radius 3 is 1.11 bits per heavy atom. The second kappa shape index (κ2) is 10.4. The van der Waals surface area contributed by atoms with Gasteiger partial charge in [-0.3, -0.25) is 9.59 Å². The second-order valence-electron chi connectivity index (χ2n) is 4.87. The van der Waals surface area contributed by atoms with Gasteiger partial charge in [0.05, 0.1) is 0 Å². The zero-order valence-corrected chi connectivity index (χ0v) is 12.7. The van der Waals surface area contributed by atoms with Gasteiger partial charge in [0.2, 0.25) is 0 Å². The molecule has 0 aromatic carbocycles. The van der Waals surface area contributed by atoms with Crippen LogP contribution in [-0.4, -0.2) is 32.9 Å². The van der Waals surface area contributed by atoms with Crippen LogP contribution in [0.25, 0.3) is 0 Å². The van der Waals surface area contributed by atoms with Crippen LogP contribution in [0, 0.1) is 11.8 Å². The number of aliphatic carboxylic acids is 2. The van der Waals surface area contributed by atoms with Gasteiger partial charge in [-0.05, 0) is 24.7 Å². The Hall–Kier alpha value is -0.480. The lowest BCUT2D eigenvalue weighted by Crippen LogP contribution is -2.15. The van der Waals surface area contributed by atoms with E-state index in [4.69, 9.17) is 33.4 Å². The molecule has 0 spiro atoms. The topological polar surface area (TPSA) is 74.6 Å². The molecule has 4 nitrogen and oxygen atoms in total. The highest BCUT2D eigenvalue weighted by Gasteiger charge is 2.14. The number of carboxylic acids is 2. The van der Waals surface area contributed by atoms with E-state index in [1.807, 2.05) is 27.7 Å². The van der Waals surface area contributed by atoms with Crippen LogP contribution in [0.3, 0.4) is 0 Å². The fourth-order valence-corrected chi connectivity index (χ4v) is 1.74. The summed E-state index contributed by atoms with van der Waals surface area (Å²) in [5.41, 5.74) is 0. The second-order valence-corrected chi connectivity index (χ2v) is 5.92. The van der Waals surface area contributed by atoms with Gasteiger partial charge in [0, 0.05) is 0 Å². The highest BCUT2D eigenvalue weighted by atomic mass is 35.5. The van der Waals surface area contributed by atoms with E-state index in [1.54, 1.807) is 0 Å². The zero-order valence-electron chi connectivity index (χ0n) is 11.2. The number of carbonyl (C=O) groups is 2. The molecule has 0 aromatic heterocycles. The smallest absolute Gasteiger partial charge is 0.321 e. The molecule has 0 aliphatic rings. The van der Waals surface area contributed by atoms with Gasteiger partial charge in [0.15, 0.2) is 0 Å². The Morgan fingerprint density at radius 1 is 0.833 bits per heavy atom. The van der Waals surface area contributed by atoms with Crippen molar-refractivity contribution in [2.24, 2.45) is 11.8 Å². The van der Waals surface area contributed by atoms with Gasteiger partial charge < -0.3 is 10.2 Å². The van der Waals surface area contributed by atoms with Crippen molar-refractivity contribution in [1.29, 1.82) is 0 Å². The van der Waals surface area contributed by atoms with Crippen LogP contribution < -0.4 is 0 Å². The summed E-state index contributed by atoms with van der Waals surface area (Å²) in [6.07, 6.45) is 1.08. The van der Waals surface area contributed by atoms with Crippen molar-refractivity contribution in [2.45, 2.75) is 51.3 Å². The van der Waals surface area contributed by atoms with Crippen LogP contribution in [0.4, 0.5) is 0 Å². The number of hydrogen-bond acceptors (Lipinski definition) is 2. The lowest BCUT2D eigenvalue weighted by atomic mass is 10.1. The number of alkyl halides is 2. The average molecular weight is 301 g/mol. The SMILES string of the molecule is CC(C)CC(Cl)C(=O)O.CC(C)CC(Cl)C(=O)O. The first-order valence-electron chi connectivity index (χ1n) is 5.81. The molecule has 108 valence electrons. The molecule has 0 fully saturated rings. The van der Waals surface area contributed by atoms with Crippen LogP contribution in [-0.2, 0) is 9.59 Å². The third-order valence-electron chi connectivity index (χ3n) is 1.89. The van der Waals surface area contributed by atoms with E-state index in [0.29, 0.717) is 24.7 Å². The van der Waals surface area contributed by atoms with Gasteiger partial charge >= 0.3 is 11.9 Å². The summed E-state index contributed by atoms with van der Waals surface area (Å²) in [6.45, 7) is 7.77. The molecule has 0 aromatic rings. The molecule has 0 rings (SSSR count). The van der Waals surface area contributed by atoms with Gasteiger partial charge in [-0.25, -0.2) is 0 Å². The maximum atomic E-state index is 10.1. The summed E-state index contributed by atoms with van der Waals surface area (Å²) in [4.78, 5) is 20.2. The molecule has 6 heteroatoms. The van der Waals surface area contributed by atoms with Crippen molar-refractivity contribution in [2.75, 3.05) is 0 Å². The molecule has 0 amide bonds. The Balaban J connectivity index is 0. The number of hydrogen-bond donors (Lipinski definition) is 2. The first-order valence-corrected chi connectivity index (χ1v) is 6.68. The molecule has 2 N–H and O–H groups in total. The molecule has 0 bridgehead atoms. The van der Waals surface area contributed by atoms with E-state index >= 15 is 0 Å². The molecule has 0 saturated carbocycles. The Kier molecular flexibility index (Phi) is 11.5. The average Bonchev–Trinajstić information content (AvgIpc) is 2.16. The lowest BCUT2D eigenvalue weighted by Gasteiger charge is -2.05. The molecule has 0 heterocycles. The molecule has 0 saturated heterocycles. The molecule has 18 heavy (non-hydrogen) atoms. The largest absolute Gasteiger partial charge is 0.480 e. The van der Waals surface area contributed by atoms with E-state index in [-0.39, 0.29) is 0 Å². The highest BCUT2D eigenvalue weighted by Crippen LogP contribution is 2.10. The lowest BCUT2D eigenvalue weighted by molar-refractivity contribution is -0.137. The van der Waals surface area contributed by atoms with Crippen molar-refractivity contribution in [3.63, 3.8) is 0 Å². The fourth-order valence-electron chi connectivity index (χ4n) is 1.03. The third-order valence-corrected chi connectivity index (χ3v) is 2.62. The summed E-state index contributed by atoms with van der Waals surface area (Å²) in [5, 5.41) is 15.2. The predicted molar refractivity (Wildman–Crippen MR) is 73.5 cm³/mol. The van der Waals surface area contributed by atoms with Crippen molar-refractivity contribution in [3.05, 3.63) is 0 Å². The van der Waals surface area contributed by atoms with Gasteiger partial charge in [-0.2, -0.15) is 0 Å². The quantitative estimate of drug-likeness (QED) is 0.737. The molecular weight excluding hydrogens is 279 g/mol. The van der Waals surface area contributed by atoms with Crippen LogP contribution >= 0.6 is 23.2 Å². The molecule has 0 aliphatic heterocycles. The maximum absolute atomic E-state index is 10.1. The Labute approximate surface area is 118 Å². The predicted octanol–water partition coefficient (Wildman–Crippen LogP) is 3.45. The van der Waals surface area contributed by atoms with Crippen molar-refractivity contribution >= 4 is 35.1 Å². The van der Waals surface area contributed by atoms with E-state index in [9.17, 15) is 9.59 Å². The highest BCUT2D eigenvalue weighted by molar-refractivity contribution is 6.29. The van der Waals surface area contributed by atoms with E-state index in [1.165, 1.54) is 0 Å². The minimum absolute atomic E-state index is 0.351. The number of carboxylic acid groups (broad SMARTS) is 2.